The maximum absolute atomic E-state index is 14.2. The highest BCUT2D eigenvalue weighted by Crippen LogP contribution is 2.40. The average Bonchev–Trinajstić information content (AvgIpc) is 4.04. The van der Waals surface area contributed by atoms with E-state index in [4.69, 9.17) is 20.8 Å². The molecule has 4 aromatic carbocycles. The molecule has 2 fully saturated rings. The molecule has 4 amide bonds. The fourth-order valence-electron chi connectivity index (χ4n) is 9.09. The highest BCUT2D eigenvalue weighted by atomic mass is 16.6. The molecule has 0 saturated heterocycles. The van der Waals surface area contributed by atoms with E-state index in [0.717, 1.165) is 55.6 Å². The molecule has 8 N–H and O–H groups in total. The van der Waals surface area contributed by atoms with Crippen LogP contribution in [0.1, 0.15) is 111 Å². The van der Waals surface area contributed by atoms with Crippen LogP contribution in [0.25, 0.3) is 0 Å². The van der Waals surface area contributed by atoms with Crippen LogP contribution in [0.15, 0.2) is 121 Å². The van der Waals surface area contributed by atoms with Crippen LogP contribution in [0.2, 0.25) is 0 Å². The van der Waals surface area contributed by atoms with E-state index < -0.39 is 35.1 Å². The number of benzene rings is 4. The van der Waals surface area contributed by atoms with Gasteiger partial charge in [0.15, 0.2) is 0 Å². The third-order valence-corrected chi connectivity index (χ3v) is 12.8. The molecule has 2 atom stereocenters. The molecule has 63 heavy (non-hydrogen) atoms. The van der Waals surface area contributed by atoms with Crippen molar-refractivity contribution in [2.24, 2.45) is 22.3 Å². The predicted molar refractivity (Wildman–Crippen MR) is 246 cm³/mol. The SMILES string of the molecule is NCCCC(NC(=O)C1(C(=O)NCC(c2ccccc2)c2ccccc2)CCCC1)O[B]OC(CCCN)NC(=O)C1(C(=O)NCC(c2ccccc2)c2ccccc2)CCCC1. The zero-order chi connectivity index (χ0) is 44.3. The molecule has 2 unspecified atom stereocenters. The third-order valence-electron chi connectivity index (χ3n) is 12.8. The van der Waals surface area contributed by atoms with Crippen LogP contribution < -0.4 is 32.7 Å². The molecule has 2 saturated carbocycles. The predicted octanol–water partition coefficient (Wildman–Crippen LogP) is 5.93. The first-order chi connectivity index (χ1) is 30.8. The summed E-state index contributed by atoms with van der Waals surface area (Å²) in [7, 11) is 1.13. The summed E-state index contributed by atoms with van der Waals surface area (Å²) in [6, 6.07) is 40.1. The van der Waals surface area contributed by atoms with Gasteiger partial charge in [0, 0.05) is 24.9 Å². The number of nitrogens with one attached hydrogen (secondary N) is 4. The summed E-state index contributed by atoms with van der Waals surface area (Å²) < 4.78 is 12.0. The summed E-state index contributed by atoms with van der Waals surface area (Å²) in [6.45, 7) is 1.38. The van der Waals surface area contributed by atoms with E-state index in [0.29, 0.717) is 77.5 Å². The molecule has 0 aromatic heterocycles. The Bertz CT molecular complexity index is 1790. The van der Waals surface area contributed by atoms with Gasteiger partial charge in [-0.1, -0.05) is 147 Å². The summed E-state index contributed by atoms with van der Waals surface area (Å²) in [5.74, 6) is -1.62. The maximum Gasteiger partial charge on any atom is 0.491 e. The van der Waals surface area contributed by atoms with Crippen molar-refractivity contribution in [3.05, 3.63) is 144 Å². The van der Waals surface area contributed by atoms with Crippen molar-refractivity contribution in [1.82, 2.24) is 21.3 Å². The molecule has 0 heterocycles. The number of rotatable bonds is 24. The van der Waals surface area contributed by atoms with Gasteiger partial charge in [-0.05, 0) is 86.7 Å². The second-order valence-corrected chi connectivity index (χ2v) is 16.9. The zero-order valence-electron chi connectivity index (χ0n) is 36.4. The lowest BCUT2D eigenvalue weighted by Gasteiger charge is -2.31. The lowest BCUT2D eigenvalue weighted by molar-refractivity contribution is -0.146. The molecule has 1 radical (unpaired) electrons. The van der Waals surface area contributed by atoms with Crippen LogP contribution in [0.5, 0.6) is 0 Å². The second kappa shape index (κ2) is 23.9. The van der Waals surface area contributed by atoms with E-state index >= 15 is 0 Å². The first kappa shape index (κ1) is 47.2. The molecule has 0 bridgehead atoms. The normalized spacial score (nSPS) is 16.3. The summed E-state index contributed by atoms with van der Waals surface area (Å²) >= 11 is 0. The Hall–Kier alpha value is -5.34. The monoisotopic (exact) mass is 855 g/mol. The summed E-state index contributed by atoms with van der Waals surface area (Å²) in [5, 5.41) is 12.3. The zero-order valence-corrected chi connectivity index (χ0v) is 36.4. The third kappa shape index (κ3) is 12.4. The number of amides is 4. The fourth-order valence-corrected chi connectivity index (χ4v) is 9.09. The van der Waals surface area contributed by atoms with Crippen LogP contribution in [-0.2, 0) is 28.5 Å². The number of carbonyl (C=O) groups is 4. The van der Waals surface area contributed by atoms with Gasteiger partial charge in [-0.2, -0.15) is 0 Å². The first-order valence-corrected chi connectivity index (χ1v) is 22.7. The van der Waals surface area contributed by atoms with Crippen molar-refractivity contribution in [2.75, 3.05) is 26.2 Å². The number of nitrogens with two attached hydrogens (primary N) is 2. The Morgan fingerprint density at radius 3 is 1.08 bits per heavy atom. The number of hydrogen-bond acceptors (Lipinski definition) is 8. The van der Waals surface area contributed by atoms with Gasteiger partial charge in [0.05, 0.1) is 0 Å². The van der Waals surface area contributed by atoms with Gasteiger partial charge in [-0.25, -0.2) is 0 Å². The van der Waals surface area contributed by atoms with E-state index in [2.05, 4.69) is 21.3 Å². The van der Waals surface area contributed by atoms with Gasteiger partial charge in [-0.3, -0.25) is 19.2 Å². The van der Waals surface area contributed by atoms with E-state index in [9.17, 15) is 19.2 Å². The molecule has 0 spiro atoms. The molecule has 4 aromatic rings. The fraction of sp³-hybridized carbons (Fsp3) is 0.440. The molecule has 333 valence electrons. The number of hydrogen-bond donors (Lipinski definition) is 6. The Morgan fingerprint density at radius 1 is 0.492 bits per heavy atom. The second-order valence-electron chi connectivity index (χ2n) is 16.9. The minimum atomic E-state index is -1.26. The number of carbonyl (C=O) groups excluding carboxylic acids is 4. The van der Waals surface area contributed by atoms with Crippen molar-refractivity contribution in [2.45, 2.75) is 101 Å². The lowest BCUT2D eigenvalue weighted by Crippen LogP contribution is -2.54. The van der Waals surface area contributed by atoms with Crippen molar-refractivity contribution >= 4 is 31.3 Å². The topological polar surface area (TPSA) is 187 Å². The van der Waals surface area contributed by atoms with Crippen molar-refractivity contribution in [1.29, 1.82) is 0 Å². The smallest absolute Gasteiger partial charge is 0.393 e. The van der Waals surface area contributed by atoms with Gasteiger partial charge < -0.3 is 42.0 Å². The molecule has 2 aliphatic carbocycles. The molecular weight excluding hydrogens is 791 g/mol. The summed E-state index contributed by atoms with van der Waals surface area (Å²) in [5.41, 5.74) is 13.5. The van der Waals surface area contributed by atoms with Gasteiger partial charge in [-0.15, -0.1) is 0 Å². The Balaban J connectivity index is 1.08. The lowest BCUT2D eigenvalue weighted by atomic mass is 9.83. The van der Waals surface area contributed by atoms with Gasteiger partial charge in [0.1, 0.15) is 23.3 Å². The standard InChI is InChI=1S/C50H64BN6O6/c52-33-17-27-43(56-47(60)49(29-13-14-30-49)45(58)54-35-41(37-19-5-1-6-20-37)38-21-7-2-8-22-38)62-51-63-44(28-18-34-53)57-48(61)50(31-15-16-32-50)46(59)55-36-42(39-23-9-3-10-24-39)40-25-11-4-12-26-40/h1-12,19-26,41-44H,13-18,27-36,52-53H2,(H,54,58)(H,55,59)(H,56,60)(H,57,61). The molecular formula is C50H64BN6O6. The molecule has 12 nitrogen and oxygen atoms in total. The van der Waals surface area contributed by atoms with E-state index in [-0.39, 0.29) is 23.7 Å². The molecule has 13 heteroatoms. The Kier molecular flexibility index (Phi) is 17.9. The van der Waals surface area contributed by atoms with Gasteiger partial charge in [0.25, 0.3) is 0 Å². The van der Waals surface area contributed by atoms with Crippen LogP contribution >= 0.6 is 0 Å². The Labute approximate surface area is 373 Å². The molecule has 6 rings (SSSR count). The van der Waals surface area contributed by atoms with E-state index in [1.165, 1.54) is 0 Å². The van der Waals surface area contributed by atoms with Crippen molar-refractivity contribution in [3.63, 3.8) is 0 Å². The van der Waals surface area contributed by atoms with E-state index in [1.807, 2.05) is 121 Å². The highest BCUT2D eigenvalue weighted by molar-refractivity contribution is 6.18. The van der Waals surface area contributed by atoms with Gasteiger partial charge in [0.2, 0.25) is 23.6 Å². The van der Waals surface area contributed by atoms with Crippen molar-refractivity contribution < 1.29 is 28.5 Å². The van der Waals surface area contributed by atoms with E-state index in [1.54, 1.807) is 0 Å². The van der Waals surface area contributed by atoms with Gasteiger partial charge >= 0.3 is 7.69 Å². The van der Waals surface area contributed by atoms with Crippen LogP contribution in [0.4, 0.5) is 0 Å². The summed E-state index contributed by atoms with van der Waals surface area (Å²) in [6.07, 6.45) is 4.72. The largest absolute Gasteiger partial charge is 0.491 e. The average molecular weight is 856 g/mol. The van der Waals surface area contributed by atoms with Crippen LogP contribution in [0, 0.1) is 10.8 Å². The molecule has 0 aliphatic heterocycles. The van der Waals surface area contributed by atoms with Crippen LogP contribution in [0.3, 0.4) is 0 Å². The van der Waals surface area contributed by atoms with Crippen molar-refractivity contribution in [3.8, 4) is 0 Å². The van der Waals surface area contributed by atoms with Crippen LogP contribution in [-0.4, -0.2) is 69.9 Å². The Morgan fingerprint density at radius 2 is 0.794 bits per heavy atom. The minimum Gasteiger partial charge on any atom is -0.393 e. The molecule has 2 aliphatic rings. The minimum absolute atomic E-state index is 0.0949. The summed E-state index contributed by atoms with van der Waals surface area (Å²) in [4.78, 5) is 56.7. The first-order valence-electron chi connectivity index (χ1n) is 22.7. The quantitative estimate of drug-likeness (QED) is 0.0284. The maximum atomic E-state index is 14.2. The highest BCUT2D eigenvalue weighted by Gasteiger charge is 2.50.